The summed E-state index contributed by atoms with van der Waals surface area (Å²) >= 11 is 0. The van der Waals surface area contributed by atoms with Crippen LogP contribution in [0.1, 0.15) is 19.3 Å². The van der Waals surface area contributed by atoms with Crippen LogP contribution in [0.2, 0.25) is 0 Å². The van der Waals surface area contributed by atoms with Crippen molar-refractivity contribution in [2.24, 2.45) is 17.3 Å². The minimum absolute atomic E-state index is 0.00116. The Labute approximate surface area is 60.7 Å². The van der Waals surface area contributed by atoms with E-state index in [0.717, 1.165) is 18.3 Å². The van der Waals surface area contributed by atoms with E-state index >= 15 is 0 Å². The van der Waals surface area contributed by atoms with Crippen molar-refractivity contribution in [2.45, 2.75) is 25.4 Å². The fraction of sp³-hybridized carbons (Fsp3) is 0.778. The third-order valence-corrected chi connectivity index (χ3v) is 3.79. The zero-order valence-corrected chi connectivity index (χ0v) is 5.96. The van der Waals surface area contributed by atoms with Gasteiger partial charge in [0, 0.05) is 5.41 Å². The van der Waals surface area contributed by atoms with Crippen molar-refractivity contribution in [3.05, 3.63) is 12.2 Å². The van der Waals surface area contributed by atoms with Gasteiger partial charge in [0.1, 0.15) is 0 Å². The van der Waals surface area contributed by atoms with Gasteiger partial charge in [-0.05, 0) is 31.1 Å². The minimum Gasteiger partial charge on any atom is -0.392 e. The van der Waals surface area contributed by atoms with Gasteiger partial charge in [-0.1, -0.05) is 12.2 Å². The molecule has 54 valence electrons. The molecule has 4 atom stereocenters. The highest BCUT2D eigenvalue weighted by molar-refractivity contribution is 5.32. The molecule has 1 spiro atoms. The monoisotopic (exact) mass is 136 g/mol. The Morgan fingerprint density at radius 2 is 2.20 bits per heavy atom. The molecule has 3 rings (SSSR count). The van der Waals surface area contributed by atoms with Crippen molar-refractivity contribution in [2.75, 3.05) is 0 Å². The largest absolute Gasteiger partial charge is 0.392 e. The molecule has 0 aromatic carbocycles. The van der Waals surface area contributed by atoms with Crippen LogP contribution < -0.4 is 0 Å². The van der Waals surface area contributed by atoms with Crippen molar-refractivity contribution in [1.82, 2.24) is 0 Å². The Morgan fingerprint density at radius 3 is 2.90 bits per heavy atom. The molecule has 1 heteroatoms. The summed E-state index contributed by atoms with van der Waals surface area (Å²) in [7, 11) is 0. The van der Waals surface area contributed by atoms with Crippen LogP contribution in [-0.2, 0) is 0 Å². The van der Waals surface area contributed by atoms with Crippen LogP contribution in [0, 0.1) is 17.3 Å². The molecule has 3 aliphatic rings. The summed E-state index contributed by atoms with van der Waals surface area (Å²) in [6, 6.07) is 0. The van der Waals surface area contributed by atoms with Crippen LogP contribution in [0.4, 0.5) is 0 Å². The predicted octanol–water partition coefficient (Wildman–Crippen LogP) is 1.33. The van der Waals surface area contributed by atoms with Gasteiger partial charge in [0.25, 0.3) is 0 Å². The van der Waals surface area contributed by atoms with Crippen LogP contribution in [0.5, 0.6) is 0 Å². The molecule has 3 unspecified atom stereocenters. The summed E-state index contributed by atoms with van der Waals surface area (Å²) in [6.45, 7) is 0. The van der Waals surface area contributed by atoms with E-state index in [9.17, 15) is 5.11 Å². The highest BCUT2D eigenvalue weighted by Gasteiger charge is 2.70. The second kappa shape index (κ2) is 1.33. The molecule has 2 fully saturated rings. The maximum atomic E-state index is 9.65. The van der Waals surface area contributed by atoms with Crippen molar-refractivity contribution >= 4 is 0 Å². The molecule has 0 aromatic rings. The van der Waals surface area contributed by atoms with E-state index in [1.807, 2.05) is 0 Å². The molecule has 0 aromatic heterocycles. The molecule has 0 amide bonds. The summed E-state index contributed by atoms with van der Waals surface area (Å²) < 4.78 is 0. The second-order valence-corrected chi connectivity index (χ2v) is 3.94. The number of rotatable bonds is 0. The number of allylic oxidation sites excluding steroid dienone is 1. The van der Waals surface area contributed by atoms with Gasteiger partial charge < -0.3 is 5.11 Å². The first-order valence-electron chi connectivity index (χ1n) is 4.21. The topological polar surface area (TPSA) is 20.2 Å². The van der Waals surface area contributed by atoms with E-state index in [2.05, 4.69) is 12.2 Å². The molecule has 2 saturated carbocycles. The first-order chi connectivity index (χ1) is 4.86. The average Bonchev–Trinajstić information content (AvgIpc) is 2.30. The van der Waals surface area contributed by atoms with Crippen molar-refractivity contribution in [1.29, 1.82) is 0 Å². The van der Waals surface area contributed by atoms with Gasteiger partial charge in [0.05, 0.1) is 6.10 Å². The standard InChI is InChI=1S/C9H12O/c10-8-4-3-7-6-2-1-5-9(6,7)8/h1,5-8,10H,2-4H2/t6?,7?,8-,9?/m0/s1. The van der Waals surface area contributed by atoms with Gasteiger partial charge >= 0.3 is 0 Å². The van der Waals surface area contributed by atoms with E-state index < -0.39 is 0 Å². The van der Waals surface area contributed by atoms with Gasteiger partial charge in [-0.2, -0.15) is 0 Å². The first kappa shape index (κ1) is 5.36. The summed E-state index contributed by atoms with van der Waals surface area (Å²) in [6.07, 6.45) is 8.08. The lowest BCUT2D eigenvalue weighted by Gasteiger charge is -2.12. The second-order valence-electron chi connectivity index (χ2n) is 3.94. The summed E-state index contributed by atoms with van der Waals surface area (Å²) in [5, 5.41) is 9.65. The van der Waals surface area contributed by atoms with Gasteiger partial charge in [0.2, 0.25) is 0 Å². The average molecular weight is 136 g/mol. The van der Waals surface area contributed by atoms with Crippen LogP contribution in [0.3, 0.4) is 0 Å². The SMILES string of the molecule is O[C@H]1CCC2C3CC=CC321. The maximum Gasteiger partial charge on any atom is 0.0636 e. The van der Waals surface area contributed by atoms with Crippen LogP contribution in [-0.4, -0.2) is 11.2 Å². The van der Waals surface area contributed by atoms with Gasteiger partial charge in [-0.25, -0.2) is 0 Å². The highest BCUT2D eigenvalue weighted by atomic mass is 16.3. The zero-order valence-electron chi connectivity index (χ0n) is 5.96. The molecule has 0 heterocycles. The maximum absolute atomic E-state index is 9.65. The molecule has 0 radical (unpaired) electrons. The first-order valence-corrected chi connectivity index (χ1v) is 4.21. The van der Waals surface area contributed by atoms with E-state index in [0.29, 0.717) is 5.41 Å². The van der Waals surface area contributed by atoms with Gasteiger partial charge in [-0.15, -0.1) is 0 Å². The van der Waals surface area contributed by atoms with Crippen molar-refractivity contribution < 1.29 is 5.11 Å². The Kier molecular flexibility index (Phi) is 0.713. The quantitative estimate of drug-likeness (QED) is 0.498. The van der Waals surface area contributed by atoms with E-state index in [-0.39, 0.29) is 6.10 Å². The smallest absolute Gasteiger partial charge is 0.0636 e. The molecule has 3 aliphatic carbocycles. The number of hydrogen-bond acceptors (Lipinski definition) is 1. The zero-order chi connectivity index (χ0) is 6.77. The lowest BCUT2D eigenvalue weighted by molar-refractivity contribution is 0.121. The van der Waals surface area contributed by atoms with E-state index in [1.165, 1.54) is 12.8 Å². The number of aliphatic hydroxyl groups excluding tert-OH is 1. The normalized spacial score (nSPS) is 62.3. The van der Waals surface area contributed by atoms with Crippen LogP contribution in [0.15, 0.2) is 12.2 Å². The molecule has 1 nitrogen and oxygen atoms in total. The van der Waals surface area contributed by atoms with E-state index in [1.54, 1.807) is 0 Å². The number of hydrogen-bond donors (Lipinski definition) is 1. The van der Waals surface area contributed by atoms with Gasteiger partial charge in [-0.3, -0.25) is 0 Å². The Morgan fingerprint density at radius 1 is 1.30 bits per heavy atom. The molecule has 0 saturated heterocycles. The summed E-state index contributed by atoms with van der Waals surface area (Å²) in [4.78, 5) is 0. The third-order valence-electron chi connectivity index (χ3n) is 3.79. The third kappa shape index (κ3) is 0.344. The molecule has 0 bridgehead atoms. The lowest BCUT2D eigenvalue weighted by atomic mass is 10.0. The summed E-state index contributed by atoms with van der Waals surface area (Å²) in [5.74, 6) is 1.71. The molecular formula is C9H12O. The van der Waals surface area contributed by atoms with Crippen molar-refractivity contribution in [3.63, 3.8) is 0 Å². The fourth-order valence-electron chi connectivity index (χ4n) is 3.27. The Balaban J connectivity index is 2.04. The predicted molar refractivity (Wildman–Crippen MR) is 38.4 cm³/mol. The van der Waals surface area contributed by atoms with Crippen LogP contribution in [0.25, 0.3) is 0 Å². The number of aliphatic hydroxyl groups is 1. The number of fused-ring (bicyclic) bond motifs is 1. The fourth-order valence-corrected chi connectivity index (χ4v) is 3.27. The van der Waals surface area contributed by atoms with E-state index in [4.69, 9.17) is 0 Å². The molecular weight excluding hydrogens is 124 g/mol. The Bertz CT molecular complexity index is 205. The van der Waals surface area contributed by atoms with Gasteiger partial charge in [0.15, 0.2) is 0 Å². The Hall–Kier alpha value is -0.300. The highest BCUT2D eigenvalue weighted by Crippen LogP contribution is 2.72. The van der Waals surface area contributed by atoms with Crippen LogP contribution >= 0.6 is 0 Å². The molecule has 0 aliphatic heterocycles. The lowest BCUT2D eigenvalue weighted by Crippen LogP contribution is -2.16. The summed E-state index contributed by atoms with van der Waals surface area (Å²) in [5.41, 5.74) is 0.306. The minimum atomic E-state index is 0.00116. The molecule has 1 N–H and O–H groups in total. The molecule has 10 heavy (non-hydrogen) atoms. The van der Waals surface area contributed by atoms with Crippen molar-refractivity contribution in [3.8, 4) is 0 Å².